The summed E-state index contributed by atoms with van der Waals surface area (Å²) < 4.78 is 5.27. The van der Waals surface area contributed by atoms with E-state index in [2.05, 4.69) is 10.3 Å². The zero-order valence-corrected chi connectivity index (χ0v) is 12.9. The van der Waals surface area contributed by atoms with Crippen molar-refractivity contribution in [3.63, 3.8) is 0 Å². The number of rotatable bonds is 4. The number of carbonyl (C=O) groups is 2. The van der Waals surface area contributed by atoms with E-state index in [1.165, 1.54) is 11.1 Å². The van der Waals surface area contributed by atoms with Crippen LogP contribution in [0.25, 0.3) is 0 Å². The minimum absolute atomic E-state index is 0.240. The molecule has 2 amide bonds. The summed E-state index contributed by atoms with van der Waals surface area (Å²) >= 11 is 5.84. The standard InChI is InChI=1S/C16H14ClN3O3/c17-12-3-5-13(6-4-12)20-10-14(23-16(20)22)9-19-15(21)11-2-1-7-18-8-11/h1-8,14H,9-10H2,(H,19,21). The van der Waals surface area contributed by atoms with Gasteiger partial charge >= 0.3 is 6.09 Å². The summed E-state index contributed by atoms with van der Waals surface area (Å²) in [4.78, 5) is 29.3. The highest BCUT2D eigenvalue weighted by Crippen LogP contribution is 2.23. The molecule has 0 bridgehead atoms. The quantitative estimate of drug-likeness (QED) is 0.934. The first-order valence-electron chi connectivity index (χ1n) is 7.05. The Morgan fingerprint density at radius 1 is 1.35 bits per heavy atom. The molecule has 0 radical (unpaired) electrons. The molecular formula is C16H14ClN3O3. The fraction of sp³-hybridized carbons (Fsp3) is 0.188. The van der Waals surface area contributed by atoms with Gasteiger partial charge in [0.1, 0.15) is 6.10 Å². The molecule has 23 heavy (non-hydrogen) atoms. The molecular weight excluding hydrogens is 318 g/mol. The van der Waals surface area contributed by atoms with E-state index in [9.17, 15) is 9.59 Å². The molecule has 3 rings (SSSR count). The Balaban J connectivity index is 1.58. The monoisotopic (exact) mass is 331 g/mol. The molecule has 2 heterocycles. The van der Waals surface area contributed by atoms with Gasteiger partial charge in [-0.05, 0) is 36.4 Å². The second-order valence-corrected chi connectivity index (χ2v) is 5.48. The number of hydrogen-bond donors (Lipinski definition) is 1. The van der Waals surface area contributed by atoms with Gasteiger partial charge in [-0.25, -0.2) is 4.79 Å². The molecule has 0 aliphatic carbocycles. The number of hydrogen-bond acceptors (Lipinski definition) is 4. The molecule has 1 fully saturated rings. The van der Waals surface area contributed by atoms with Crippen LogP contribution in [0.2, 0.25) is 5.02 Å². The van der Waals surface area contributed by atoms with E-state index in [1.807, 2.05) is 0 Å². The van der Waals surface area contributed by atoms with Crippen LogP contribution in [-0.4, -0.2) is 36.2 Å². The van der Waals surface area contributed by atoms with Crippen molar-refractivity contribution >= 4 is 29.3 Å². The smallest absolute Gasteiger partial charge is 0.414 e. The minimum Gasteiger partial charge on any atom is -0.442 e. The zero-order chi connectivity index (χ0) is 16.2. The molecule has 2 aromatic rings. The van der Waals surface area contributed by atoms with Crippen molar-refractivity contribution in [2.75, 3.05) is 18.0 Å². The molecule has 1 atom stereocenters. The maximum Gasteiger partial charge on any atom is 0.414 e. The van der Waals surface area contributed by atoms with E-state index >= 15 is 0 Å². The van der Waals surface area contributed by atoms with Crippen molar-refractivity contribution < 1.29 is 14.3 Å². The van der Waals surface area contributed by atoms with Gasteiger partial charge in [0, 0.05) is 23.1 Å². The van der Waals surface area contributed by atoms with Gasteiger partial charge < -0.3 is 10.1 Å². The van der Waals surface area contributed by atoms with Crippen molar-refractivity contribution in [2.24, 2.45) is 0 Å². The predicted octanol–water partition coefficient (Wildman–Crippen LogP) is 2.49. The summed E-state index contributed by atoms with van der Waals surface area (Å²) in [5.74, 6) is -0.251. The number of carbonyl (C=O) groups excluding carboxylic acids is 2. The van der Waals surface area contributed by atoms with E-state index in [-0.39, 0.29) is 12.5 Å². The molecule has 0 saturated carbocycles. The number of nitrogens with zero attached hydrogens (tertiary/aromatic N) is 2. The van der Waals surface area contributed by atoms with E-state index in [1.54, 1.807) is 42.6 Å². The van der Waals surface area contributed by atoms with Crippen LogP contribution in [0, 0.1) is 0 Å². The van der Waals surface area contributed by atoms with Crippen molar-refractivity contribution in [3.05, 3.63) is 59.4 Å². The lowest BCUT2D eigenvalue weighted by molar-refractivity contribution is 0.0915. The predicted molar refractivity (Wildman–Crippen MR) is 85.6 cm³/mol. The second kappa shape index (κ2) is 6.66. The highest BCUT2D eigenvalue weighted by molar-refractivity contribution is 6.30. The fourth-order valence-corrected chi connectivity index (χ4v) is 2.39. The average molecular weight is 332 g/mol. The maximum absolute atomic E-state index is 12.0. The lowest BCUT2D eigenvalue weighted by Crippen LogP contribution is -2.34. The van der Waals surface area contributed by atoms with Gasteiger partial charge in [-0.15, -0.1) is 0 Å². The molecule has 1 aromatic heterocycles. The van der Waals surface area contributed by atoms with Gasteiger partial charge in [-0.2, -0.15) is 0 Å². The SMILES string of the molecule is O=C(NCC1CN(c2ccc(Cl)cc2)C(=O)O1)c1cccnc1. The number of anilines is 1. The summed E-state index contributed by atoms with van der Waals surface area (Å²) in [6.07, 6.45) is 2.24. The molecule has 7 heteroatoms. The van der Waals surface area contributed by atoms with Gasteiger partial charge in [-0.3, -0.25) is 14.7 Å². The highest BCUT2D eigenvalue weighted by atomic mass is 35.5. The second-order valence-electron chi connectivity index (χ2n) is 5.04. The Hall–Kier alpha value is -2.60. The summed E-state index contributed by atoms with van der Waals surface area (Å²) in [5.41, 5.74) is 1.17. The lowest BCUT2D eigenvalue weighted by atomic mass is 10.2. The Kier molecular flexibility index (Phi) is 4.43. The highest BCUT2D eigenvalue weighted by Gasteiger charge is 2.32. The van der Waals surface area contributed by atoms with Crippen LogP contribution in [0.1, 0.15) is 10.4 Å². The molecule has 1 unspecified atom stereocenters. The van der Waals surface area contributed by atoms with Crippen molar-refractivity contribution in [1.82, 2.24) is 10.3 Å². The molecule has 118 valence electrons. The van der Waals surface area contributed by atoms with Gasteiger partial charge in [-0.1, -0.05) is 11.6 Å². The third kappa shape index (κ3) is 3.60. The summed E-state index contributed by atoms with van der Waals surface area (Å²) in [7, 11) is 0. The molecule has 1 N–H and O–H groups in total. The molecule has 0 spiro atoms. The molecule has 1 aliphatic heterocycles. The van der Waals surface area contributed by atoms with Crippen LogP contribution in [0.5, 0.6) is 0 Å². The lowest BCUT2D eigenvalue weighted by Gasteiger charge is -2.13. The van der Waals surface area contributed by atoms with Crippen LogP contribution in [-0.2, 0) is 4.74 Å². The number of cyclic esters (lactones) is 1. The first-order valence-corrected chi connectivity index (χ1v) is 7.43. The summed E-state index contributed by atoms with van der Waals surface area (Å²) in [6, 6.07) is 10.3. The maximum atomic E-state index is 12.0. The van der Waals surface area contributed by atoms with Gasteiger partial charge in [0.05, 0.1) is 18.7 Å². The van der Waals surface area contributed by atoms with Crippen molar-refractivity contribution in [1.29, 1.82) is 0 Å². The van der Waals surface area contributed by atoms with Crippen LogP contribution in [0.4, 0.5) is 10.5 Å². The third-order valence-electron chi connectivity index (χ3n) is 3.43. The average Bonchev–Trinajstić information content (AvgIpc) is 2.95. The Morgan fingerprint density at radius 3 is 2.83 bits per heavy atom. The number of pyridine rings is 1. The number of benzene rings is 1. The van der Waals surface area contributed by atoms with Gasteiger partial charge in [0.25, 0.3) is 5.91 Å². The van der Waals surface area contributed by atoms with E-state index < -0.39 is 12.2 Å². The topological polar surface area (TPSA) is 71.5 Å². The number of amides is 2. The normalized spacial score (nSPS) is 17.0. The Labute approximate surface area is 138 Å². The third-order valence-corrected chi connectivity index (χ3v) is 3.68. The van der Waals surface area contributed by atoms with Crippen LogP contribution in [0.15, 0.2) is 48.8 Å². The molecule has 1 saturated heterocycles. The molecule has 1 aliphatic rings. The Morgan fingerprint density at radius 2 is 2.13 bits per heavy atom. The number of halogens is 1. The Bertz CT molecular complexity index is 706. The van der Waals surface area contributed by atoms with Crippen molar-refractivity contribution in [2.45, 2.75) is 6.10 Å². The van der Waals surface area contributed by atoms with Gasteiger partial charge in [0.15, 0.2) is 0 Å². The fourth-order valence-electron chi connectivity index (χ4n) is 2.27. The number of aromatic nitrogens is 1. The first kappa shape index (κ1) is 15.3. The van der Waals surface area contributed by atoms with E-state index in [4.69, 9.17) is 16.3 Å². The zero-order valence-electron chi connectivity index (χ0n) is 12.1. The van der Waals surface area contributed by atoms with Gasteiger partial charge in [0.2, 0.25) is 0 Å². The number of nitrogens with one attached hydrogen (secondary N) is 1. The van der Waals surface area contributed by atoms with E-state index in [0.29, 0.717) is 22.8 Å². The van der Waals surface area contributed by atoms with Crippen LogP contribution >= 0.6 is 11.6 Å². The first-order chi connectivity index (χ1) is 11.1. The summed E-state index contributed by atoms with van der Waals surface area (Å²) in [6.45, 7) is 0.608. The summed E-state index contributed by atoms with van der Waals surface area (Å²) in [5, 5.41) is 3.34. The largest absolute Gasteiger partial charge is 0.442 e. The molecule has 1 aromatic carbocycles. The minimum atomic E-state index is -0.437. The van der Waals surface area contributed by atoms with Crippen LogP contribution in [0.3, 0.4) is 0 Å². The van der Waals surface area contributed by atoms with E-state index in [0.717, 1.165) is 0 Å². The van der Waals surface area contributed by atoms with Crippen LogP contribution < -0.4 is 10.2 Å². The van der Waals surface area contributed by atoms with Crippen molar-refractivity contribution in [3.8, 4) is 0 Å². The molecule has 6 nitrogen and oxygen atoms in total. The number of ether oxygens (including phenoxy) is 1.